The molecule has 0 bridgehead atoms. The minimum atomic E-state index is -0.986. The first-order chi connectivity index (χ1) is 9.19. The molecule has 1 aliphatic heterocycles. The quantitative estimate of drug-likeness (QED) is 0.849. The molecule has 1 aliphatic rings. The van der Waals surface area contributed by atoms with E-state index in [0.29, 0.717) is 11.7 Å². The molecule has 1 aromatic heterocycles. The minimum Gasteiger partial charge on any atom is -0.477 e. The molecule has 1 saturated heterocycles. The van der Waals surface area contributed by atoms with Crippen LogP contribution < -0.4 is 5.32 Å². The molecule has 2 rings (SSSR count). The molecular formula is C14H21N3O2. The maximum atomic E-state index is 10.8. The van der Waals surface area contributed by atoms with Crippen molar-refractivity contribution in [3.05, 3.63) is 23.9 Å². The molecule has 2 N–H and O–H groups in total. The number of pyridine rings is 1. The van der Waals surface area contributed by atoms with E-state index in [-0.39, 0.29) is 5.69 Å². The number of hydrogen-bond acceptors (Lipinski definition) is 4. The number of aromatic carboxylic acids is 1. The summed E-state index contributed by atoms with van der Waals surface area (Å²) in [7, 11) is 0. The number of aromatic nitrogens is 1. The van der Waals surface area contributed by atoms with Gasteiger partial charge in [-0.3, -0.25) is 0 Å². The Morgan fingerprint density at radius 3 is 2.84 bits per heavy atom. The van der Waals surface area contributed by atoms with Gasteiger partial charge in [-0.15, -0.1) is 0 Å². The van der Waals surface area contributed by atoms with Crippen LogP contribution in [0.5, 0.6) is 0 Å². The van der Waals surface area contributed by atoms with Crippen molar-refractivity contribution in [3.63, 3.8) is 0 Å². The van der Waals surface area contributed by atoms with Gasteiger partial charge in [-0.1, -0.05) is 13.0 Å². The van der Waals surface area contributed by atoms with Gasteiger partial charge in [-0.2, -0.15) is 0 Å². The Morgan fingerprint density at radius 2 is 2.21 bits per heavy atom. The fourth-order valence-electron chi connectivity index (χ4n) is 2.41. The largest absolute Gasteiger partial charge is 0.477 e. The first-order valence-electron chi connectivity index (χ1n) is 6.85. The Bertz CT molecular complexity index is 428. The lowest BCUT2D eigenvalue weighted by Crippen LogP contribution is -2.35. The van der Waals surface area contributed by atoms with Gasteiger partial charge in [0.15, 0.2) is 5.69 Å². The summed E-state index contributed by atoms with van der Waals surface area (Å²) in [5, 5.41) is 12.1. The number of carboxylic acid groups (broad SMARTS) is 1. The van der Waals surface area contributed by atoms with E-state index < -0.39 is 5.97 Å². The number of carboxylic acids is 1. The van der Waals surface area contributed by atoms with Gasteiger partial charge in [0, 0.05) is 6.54 Å². The van der Waals surface area contributed by atoms with Crippen LogP contribution >= 0.6 is 0 Å². The van der Waals surface area contributed by atoms with Crippen LogP contribution in [0.3, 0.4) is 0 Å². The molecule has 1 aromatic rings. The first kappa shape index (κ1) is 13.8. The van der Waals surface area contributed by atoms with Gasteiger partial charge in [0.05, 0.1) is 0 Å². The molecule has 104 valence electrons. The van der Waals surface area contributed by atoms with Crippen molar-refractivity contribution in [1.29, 1.82) is 0 Å². The van der Waals surface area contributed by atoms with E-state index in [9.17, 15) is 4.79 Å². The number of hydrogen-bond donors (Lipinski definition) is 2. The highest BCUT2D eigenvalue weighted by atomic mass is 16.4. The zero-order valence-electron chi connectivity index (χ0n) is 11.3. The predicted molar refractivity (Wildman–Crippen MR) is 74.5 cm³/mol. The van der Waals surface area contributed by atoms with Crippen LogP contribution in [-0.4, -0.2) is 47.1 Å². The molecule has 0 aromatic carbocycles. The molecule has 0 atom stereocenters. The average Bonchev–Trinajstić information content (AvgIpc) is 2.46. The monoisotopic (exact) mass is 263 g/mol. The highest BCUT2D eigenvalue weighted by Gasteiger charge is 2.17. The smallest absolute Gasteiger partial charge is 0.354 e. The summed E-state index contributed by atoms with van der Waals surface area (Å²) in [6.07, 6.45) is 2.39. The van der Waals surface area contributed by atoms with Gasteiger partial charge < -0.3 is 15.3 Å². The molecule has 5 heteroatoms. The fraction of sp³-hybridized carbons (Fsp3) is 0.571. The molecular weight excluding hydrogens is 242 g/mol. The van der Waals surface area contributed by atoms with Crippen LogP contribution in [0.25, 0.3) is 0 Å². The van der Waals surface area contributed by atoms with E-state index in [2.05, 4.69) is 22.1 Å². The maximum Gasteiger partial charge on any atom is 0.354 e. The average molecular weight is 263 g/mol. The molecule has 5 nitrogen and oxygen atoms in total. The summed E-state index contributed by atoms with van der Waals surface area (Å²) in [5.74, 6) is 0.316. The van der Waals surface area contributed by atoms with Gasteiger partial charge in [0.1, 0.15) is 5.82 Å². The zero-order valence-corrected chi connectivity index (χ0v) is 11.3. The number of piperidine rings is 1. The second kappa shape index (κ2) is 6.52. The van der Waals surface area contributed by atoms with Crippen molar-refractivity contribution in [2.75, 3.05) is 31.5 Å². The van der Waals surface area contributed by atoms with Gasteiger partial charge in [-0.05, 0) is 50.5 Å². The third-order valence-corrected chi connectivity index (χ3v) is 3.69. The standard InChI is InChI=1S/C14H21N3O2/c1-2-17-8-6-11(7-9-17)10-15-13-5-3-4-12(16-13)14(18)19/h3-5,11H,2,6-10H2,1H3,(H,15,16)(H,18,19). The SMILES string of the molecule is CCN1CCC(CNc2cccc(C(=O)O)n2)CC1. The topological polar surface area (TPSA) is 65.5 Å². The van der Waals surface area contributed by atoms with Gasteiger partial charge in [0.25, 0.3) is 0 Å². The third-order valence-electron chi connectivity index (χ3n) is 3.69. The second-order valence-corrected chi connectivity index (χ2v) is 4.97. The molecule has 1 fully saturated rings. The Kier molecular flexibility index (Phi) is 4.74. The highest BCUT2D eigenvalue weighted by molar-refractivity contribution is 5.85. The lowest BCUT2D eigenvalue weighted by atomic mass is 9.97. The molecule has 0 unspecified atom stereocenters. The predicted octanol–water partition coefficient (Wildman–Crippen LogP) is 1.92. The molecule has 19 heavy (non-hydrogen) atoms. The number of anilines is 1. The molecule has 0 radical (unpaired) electrons. The van der Waals surface area contributed by atoms with Crippen LogP contribution in [0.2, 0.25) is 0 Å². The van der Waals surface area contributed by atoms with E-state index in [1.807, 2.05) is 6.07 Å². The highest BCUT2D eigenvalue weighted by Crippen LogP contribution is 2.17. The van der Waals surface area contributed by atoms with E-state index in [4.69, 9.17) is 5.11 Å². The van der Waals surface area contributed by atoms with Crippen molar-refractivity contribution in [1.82, 2.24) is 9.88 Å². The Hall–Kier alpha value is -1.62. The van der Waals surface area contributed by atoms with E-state index >= 15 is 0 Å². The summed E-state index contributed by atoms with van der Waals surface area (Å²) in [5.41, 5.74) is 0.0887. The number of nitrogens with zero attached hydrogens (tertiary/aromatic N) is 2. The molecule has 0 aliphatic carbocycles. The first-order valence-corrected chi connectivity index (χ1v) is 6.85. The number of rotatable bonds is 5. The van der Waals surface area contributed by atoms with Crippen LogP contribution in [0.15, 0.2) is 18.2 Å². The van der Waals surface area contributed by atoms with Crippen LogP contribution in [0.4, 0.5) is 5.82 Å². The summed E-state index contributed by atoms with van der Waals surface area (Å²) < 4.78 is 0. The third kappa shape index (κ3) is 3.92. The van der Waals surface area contributed by atoms with Crippen molar-refractivity contribution < 1.29 is 9.90 Å². The summed E-state index contributed by atoms with van der Waals surface area (Å²) in [6.45, 7) is 6.51. The second-order valence-electron chi connectivity index (χ2n) is 4.97. The zero-order chi connectivity index (χ0) is 13.7. The van der Waals surface area contributed by atoms with Gasteiger partial charge in [-0.25, -0.2) is 9.78 Å². The van der Waals surface area contributed by atoms with Crippen molar-refractivity contribution in [2.24, 2.45) is 5.92 Å². The summed E-state index contributed by atoms with van der Waals surface area (Å²) >= 11 is 0. The molecule has 0 amide bonds. The number of likely N-dealkylation sites (tertiary alicyclic amines) is 1. The van der Waals surface area contributed by atoms with E-state index in [1.165, 1.54) is 18.9 Å². The summed E-state index contributed by atoms with van der Waals surface area (Å²) in [4.78, 5) is 17.4. The Morgan fingerprint density at radius 1 is 1.47 bits per heavy atom. The number of carbonyl (C=O) groups is 1. The number of nitrogens with one attached hydrogen (secondary N) is 1. The van der Waals surface area contributed by atoms with E-state index in [1.54, 1.807) is 6.07 Å². The molecule has 0 spiro atoms. The van der Waals surface area contributed by atoms with Gasteiger partial charge in [0.2, 0.25) is 0 Å². The van der Waals surface area contributed by atoms with Crippen LogP contribution in [-0.2, 0) is 0 Å². The maximum absolute atomic E-state index is 10.8. The lowest BCUT2D eigenvalue weighted by molar-refractivity contribution is 0.0690. The minimum absolute atomic E-state index is 0.0887. The van der Waals surface area contributed by atoms with E-state index in [0.717, 1.165) is 26.2 Å². The summed E-state index contributed by atoms with van der Waals surface area (Å²) in [6, 6.07) is 5.04. The molecule has 2 heterocycles. The van der Waals surface area contributed by atoms with Crippen LogP contribution in [0.1, 0.15) is 30.3 Å². The fourth-order valence-corrected chi connectivity index (χ4v) is 2.41. The molecule has 0 saturated carbocycles. The Labute approximate surface area is 113 Å². The van der Waals surface area contributed by atoms with Crippen LogP contribution in [0, 0.1) is 5.92 Å². The lowest BCUT2D eigenvalue weighted by Gasteiger charge is -2.31. The van der Waals surface area contributed by atoms with Crippen molar-refractivity contribution in [3.8, 4) is 0 Å². The van der Waals surface area contributed by atoms with Gasteiger partial charge >= 0.3 is 5.97 Å². The van der Waals surface area contributed by atoms with Crippen molar-refractivity contribution >= 4 is 11.8 Å². The Balaban J connectivity index is 1.82. The normalized spacial score (nSPS) is 17.3. The van der Waals surface area contributed by atoms with Crippen molar-refractivity contribution in [2.45, 2.75) is 19.8 Å².